The molecular weight excluding hydrogens is 260 g/mol. The highest BCUT2D eigenvalue weighted by Gasteiger charge is 2.11. The monoisotopic (exact) mass is 284 g/mol. The van der Waals surface area contributed by atoms with Gasteiger partial charge in [0.1, 0.15) is 0 Å². The van der Waals surface area contributed by atoms with Gasteiger partial charge in [0.05, 0.1) is 7.11 Å². The number of hydrogen-bond acceptors (Lipinski definition) is 3. The van der Waals surface area contributed by atoms with Crippen molar-refractivity contribution in [3.05, 3.63) is 59.3 Å². The molecule has 0 aliphatic rings. The van der Waals surface area contributed by atoms with Crippen molar-refractivity contribution < 1.29 is 4.74 Å². The number of pyridine rings is 1. The van der Waals surface area contributed by atoms with Crippen LogP contribution >= 0.6 is 0 Å². The van der Waals surface area contributed by atoms with E-state index in [-0.39, 0.29) is 0 Å². The molecular formula is C18H24N2O. The van der Waals surface area contributed by atoms with Crippen LogP contribution in [0.4, 0.5) is 0 Å². The van der Waals surface area contributed by atoms with Crippen LogP contribution in [-0.4, -0.2) is 19.1 Å². The number of nitrogens with one attached hydrogen (secondary N) is 1. The van der Waals surface area contributed by atoms with Crippen LogP contribution < -0.4 is 10.1 Å². The molecule has 1 aromatic heterocycles. The van der Waals surface area contributed by atoms with Gasteiger partial charge in [0, 0.05) is 18.3 Å². The number of benzene rings is 1. The molecule has 0 fully saturated rings. The number of hydrogen-bond donors (Lipinski definition) is 1. The van der Waals surface area contributed by atoms with Crippen molar-refractivity contribution in [3.8, 4) is 5.88 Å². The van der Waals surface area contributed by atoms with E-state index in [1.165, 1.54) is 16.7 Å². The summed E-state index contributed by atoms with van der Waals surface area (Å²) in [4.78, 5) is 4.27. The molecule has 0 amide bonds. The zero-order valence-corrected chi connectivity index (χ0v) is 13.3. The van der Waals surface area contributed by atoms with Gasteiger partial charge in [-0.25, -0.2) is 4.98 Å². The van der Waals surface area contributed by atoms with E-state index in [9.17, 15) is 0 Å². The summed E-state index contributed by atoms with van der Waals surface area (Å²) in [5.74, 6) is 1.22. The number of aromatic nitrogens is 1. The fourth-order valence-corrected chi connectivity index (χ4v) is 2.39. The van der Waals surface area contributed by atoms with E-state index in [1.54, 1.807) is 7.11 Å². The Morgan fingerprint density at radius 2 is 1.71 bits per heavy atom. The van der Waals surface area contributed by atoms with E-state index >= 15 is 0 Å². The Hall–Kier alpha value is -1.87. The highest BCUT2D eigenvalue weighted by atomic mass is 16.5. The topological polar surface area (TPSA) is 34.1 Å². The molecule has 0 aliphatic carbocycles. The smallest absolute Gasteiger partial charge is 0.212 e. The van der Waals surface area contributed by atoms with Crippen LogP contribution in [0.5, 0.6) is 5.88 Å². The minimum absolute atomic E-state index is 0.293. The maximum absolute atomic E-state index is 5.09. The van der Waals surface area contributed by atoms with Gasteiger partial charge in [-0.2, -0.15) is 0 Å². The summed E-state index contributed by atoms with van der Waals surface area (Å²) in [6.45, 7) is 4.43. The van der Waals surface area contributed by atoms with Gasteiger partial charge < -0.3 is 10.1 Å². The third-order valence-electron chi connectivity index (χ3n) is 3.80. The lowest BCUT2D eigenvalue weighted by atomic mass is 9.96. The first kappa shape index (κ1) is 15.5. The van der Waals surface area contributed by atoms with Gasteiger partial charge in [0.15, 0.2) is 0 Å². The van der Waals surface area contributed by atoms with E-state index < -0.39 is 0 Å². The molecule has 1 atom stereocenters. The molecule has 3 heteroatoms. The molecule has 3 nitrogen and oxygen atoms in total. The Morgan fingerprint density at radius 3 is 2.19 bits per heavy atom. The molecule has 0 spiro atoms. The summed E-state index contributed by atoms with van der Waals surface area (Å²) >= 11 is 0. The lowest BCUT2D eigenvalue weighted by molar-refractivity contribution is 0.397. The number of ether oxygens (including phenoxy) is 1. The summed E-state index contributed by atoms with van der Waals surface area (Å²) in [6.07, 6.45) is 2.79. The molecule has 0 radical (unpaired) electrons. The third kappa shape index (κ3) is 4.05. The molecule has 112 valence electrons. The standard InChI is InChI=1S/C18H24N2O/c1-13(2)15-6-8-16(9-7-15)17(19-3)11-14-5-10-18(21-4)20-12-14/h5-10,12-13,17,19H,11H2,1-4H3. The Labute approximate surface area is 127 Å². The zero-order chi connectivity index (χ0) is 15.2. The second-order valence-corrected chi connectivity index (χ2v) is 5.58. The molecule has 1 heterocycles. The van der Waals surface area contributed by atoms with E-state index in [0.29, 0.717) is 17.8 Å². The van der Waals surface area contributed by atoms with Crippen molar-refractivity contribution in [2.75, 3.05) is 14.2 Å². The largest absolute Gasteiger partial charge is 0.481 e. The lowest BCUT2D eigenvalue weighted by Crippen LogP contribution is -2.19. The average molecular weight is 284 g/mol. The average Bonchev–Trinajstić information content (AvgIpc) is 2.53. The Balaban J connectivity index is 2.11. The van der Waals surface area contributed by atoms with Crippen LogP contribution in [0.1, 0.15) is 42.5 Å². The number of methoxy groups -OCH3 is 1. The predicted octanol–water partition coefficient (Wildman–Crippen LogP) is 3.72. The first-order valence-electron chi connectivity index (χ1n) is 7.40. The minimum Gasteiger partial charge on any atom is -0.481 e. The molecule has 2 rings (SSSR count). The van der Waals surface area contributed by atoms with Crippen LogP contribution in [0.25, 0.3) is 0 Å². The highest BCUT2D eigenvalue weighted by Crippen LogP contribution is 2.21. The van der Waals surface area contributed by atoms with Crippen LogP contribution in [0.3, 0.4) is 0 Å². The second kappa shape index (κ2) is 7.23. The first-order valence-corrected chi connectivity index (χ1v) is 7.40. The van der Waals surface area contributed by atoms with Gasteiger partial charge in [-0.3, -0.25) is 0 Å². The van der Waals surface area contributed by atoms with Crippen molar-refractivity contribution in [1.29, 1.82) is 0 Å². The van der Waals surface area contributed by atoms with Gasteiger partial charge in [-0.15, -0.1) is 0 Å². The lowest BCUT2D eigenvalue weighted by Gasteiger charge is -2.18. The van der Waals surface area contributed by atoms with Gasteiger partial charge in [-0.1, -0.05) is 44.2 Å². The van der Waals surface area contributed by atoms with Crippen LogP contribution in [0.2, 0.25) is 0 Å². The highest BCUT2D eigenvalue weighted by molar-refractivity contribution is 5.28. The number of nitrogens with zero attached hydrogens (tertiary/aromatic N) is 1. The molecule has 0 bridgehead atoms. The molecule has 1 unspecified atom stereocenters. The molecule has 0 aliphatic heterocycles. The van der Waals surface area contributed by atoms with E-state index in [0.717, 1.165) is 6.42 Å². The zero-order valence-electron chi connectivity index (χ0n) is 13.3. The molecule has 1 aromatic carbocycles. The Morgan fingerprint density at radius 1 is 1.05 bits per heavy atom. The fourth-order valence-electron chi connectivity index (χ4n) is 2.39. The van der Waals surface area contributed by atoms with Crippen LogP contribution in [-0.2, 0) is 6.42 Å². The second-order valence-electron chi connectivity index (χ2n) is 5.58. The van der Waals surface area contributed by atoms with Gasteiger partial charge in [0.25, 0.3) is 0 Å². The summed E-state index contributed by atoms with van der Waals surface area (Å²) < 4.78 is 5.09. The SMILES string of the molecule is CNC(Cc1ccc(OC)nc1)c1ccc(C(C)C)cc1. The summed E-state index contributed by atoms with van der Waals surface area (Å²) in [6, 6.07) is 13.1. The van der Waals surface area contributed by atoms with Gasteiger partial charge >= 0.3 is 0 Å². The number of rotatable bonds is 6. The van der Waals surface area contributed by atoms with E-state index in [4.69, 9.17) is 4.74 Å². The van der Waals surface area contributed by atoms with Crippen LogP contribution in [0, 0.1) is 0 Å². The van der Waals surface area contributed by atoms with Gasteiger partial charge in [0.2, 0.25) is 5.88 Å². The molecule has 0 saturated carbocycles. The normalized spacial score (nSPS) is 12.4. The van der Waals surface area contributed by atoms with Crippen LogP contribution in [0.15, 0.2) is 42.6 Å². The van der Waals surface area contributed by atoms with Crippen molar-refractivity contribution in [2.24, 2.45) is 0 Å². The summed E-state index contributed by atoms with van der Waals surface area (Å²) in [5.41, 5.74) is 3.88. The maximum Gasteiger partial charge on any atom is 0.212 e. The third-order valence-corrected chi connectivity index (χ3v) is 3.80. The quantitative estimate of drug-likeness (QED) is 0.878. The van der Waals surface area contributed by atoms with Gasteiger partial charge in [-0.05, 0) is 36.1 Å². The molecule has 21 heavy (non-hydrogen) atoms. The molecule has 1 N–H and O–H groups in total. The summed E-state index contributed by atoms with van der Waals surface area (Å²) in [5, 5.41) is 3.39. The van der Waals surface area contributed by atoms with Crippen molar-refractivity contribution in [2.45, 2.75) is 32.2 Å². The Bertz CT molecular complexity index is 546. The van der Waals surface area contributed by atoms with E-state index in [1.807, 2.05) is 19.3 Å². The first-order chi connectivity index (χ1) is 10.1. The molecule has 2 aromatic rings. The van der Waals surface area contributed by atoms with Crippen molar-refractivity contribution in [1.82, 2.24) is 10.3 Å². The molecule has 0 saturated heterocycles. The predicted molar refractivity (Wildman–Crippen MR) is 86.8 cm³/mol. The van der Waals surface area contributed by atoms with Crippen molar-refractivity contribution in [3.63, 3.8) is 0 Å². The van der Waals surface area contributed by atoms with E-state index in [2.05, 4.69) is 54.5 Å². The Kier molecular flexibility index (Phi) is 5.34. The van der Waals surface area contributed by atoms with Crippen molar-refractivity contribution >= 4 is 0 Å². The minimum atomic E-state index is 0.293. The summed E-state index contributed by atoms with van der Waals surface area (Å²) in [7, 11) is 3.63. The number of likely N-dealkylation sites (N-methyl/N-ethyl adjacent to an activating group) is 1. The maximum atomic E-state index is 5.09. The fraction of sp³-hybridized carbons (Fsp3) is 0.389.